The van der Waals surface area contributed by atoms with E-state index in [0.29, 0.717) is 23.4 Å². The van der Waals surface area contributed by atoms with Crippen LogP contribution in [0.25, 0.3) is 10.9 Å². The Morgan fingerprint density at radius 2 is 2.00 bits per heavy atom. The Kier molecular flexibility index (Phi) is 4.65. The van der Waals surface area contributed by atoms with E-state index >= 15 is 0 Å². The molecule has 0 saturated carbocycles. The third kappa shape index (κ3) is 3.45. The van der Waals surface area contributed by atoms with Gasteiger partial charge in [0.05, 0.1) is 11.1 Å². The molecular formula is C18H20N4O3. The van der Waals surface area contributed by atoms with Gasteiger partial charge in [-0.2, -0.15) is 5.10 Å². The Morgan fingerprint density at radius 3 is 2.72 bits per heavy atom. The summed E-state index contributed by atoms with van der Waals surface area (Å²) in [5, 5.41) is 11.4. The molecule has 0 bridgehead atoms. The molecule has 0 fully saturated rings. The van der Waals surface area contributed by atoms with E-state index in [9.17, 15) is 9.59 Å². The van der Waals surface area contributed by atoms with E-state index in [-0.39, 0.29) is 23.9 Å². The van der Waals surface area contributed by atoms with E-state index in [1.165, 1.54) is 0 Å². The number of fused-ring (bicyclic) bond motifs is 1. The highest BCUT2D eigenvalue weighted by Crippen LogP contribution is 2.16. The second kappa shape index (κ2) is 6.88. The van der Waals surface area contributed by atoms with Gasteiger partial charge in [-0.25, -0.2) is 4.68 Å². The van der Waals surface area contributed by atoms with Crippen LogP contribution >= 0.6 is 0 Å². The molecule has 1 atom stereocenters. The molecule has 7 nitrogen and oxygen atoms in total. The highest BCUT2D eigenvalue weighted by atomic mass is 16.5. The molecule has 0 aliphatic heterocycles. The molecule has 0 saturated heterocycles. The van der Waals surface area contributed by atoms with Crippen molar-refractivity contribution in [2.75, 3.05) is 6.54 Å². The van der Waals surface area contributed by atoms with Gasteiger partial charge in [0.25, 0.3) is 5.56 Å². The molecule has 7 heteroatoms. The molecule has 3 aromatic rings. The zero-order valence-corrected chi connectivity index (χ0v) is 14.4. The molecule has 0 radical (unpaired) electrons. The number of carbonyl (C=O) groups is 1. The van der Waals surface area contributed by atoms with Gasteiger partial charge in [-0.15, -0.1) is 0 Å². The summed E-state index contributed by atoms with van der Waals surface area (Å²) in [6.07, 6.45) is 0. The van der Waals surface area contributed by atoms with Crippen molar-refractivity contribution in [3.63, 3.8) is 0 Å². The first kappa shape index (κ1) is 16.9. The molecule has 1 unspecified atom stereocenters. The number of rotatable bonds is 5. The predicted octanol–water partition coefficient (Wildman–Crippen LogP) is 1.92. The fourth-order valence-corrected chi connectivity index (χ4v) is 2.81. The number of hydrogen-bond acceptors (Lipinski definition) is 5. The van der Waals surface area contributed by atoms with Gasteiger partial charge in [-0.1, -0.05) is 42.4 Å². The SMILES string of the molecule is Cc1nn(CC(=O)NCC(C)c2ccccc2)c(=O)c2noc(C)c12. The van der Waals surface area contributed by atoms with Crippen LogP contribution in [0.5, 0.6) is 0 Å². The van der Waals surface area contributed by atoms with Gasteiger partial charge in [0.1, 0.15) is 12.3 Å². The van der Waals surface area contributed by atoms with Gasteiger partial charge in [0, 0.05) is 6.54 Å². The number of hydrogen-bond donors (Lipinski definition) is 1. The fraction of sp³-hybridized carbons (Fsp3) is 0.333. The van der Waals surface area contributed by atoms with Crippen molar-refractivity contribution in [1.29, 1.82) is 0 Å². The summed E-state index contributed by atoms with van der Waals surface area (Å²) in [6, 6.07) is 9.93. The summed E-state index contributed by atoms with van der Waals surface area (Å²) < 4.78 is 6.19. The Morgan fingerprint density at radius 1 is 1.28 bits per heavy atom. The number of carbonyl (C=O) groups excluding carboxylic acids is 1. The van der Waals surface area contributed by atoms with Gasteiger partial charge in [0.15, 0.2) is 5.52 Å². The highest BCUT2D eigenvalue weighted by Gasteiger charge is 2.16. The van der Waals surface area contributed by atoms with Crippen LogP contribution in [0.3, 0.4) is 0 Å². The Labute approximate surface area is 144 Å². The van der Waals surface area contributed by atoms with Crippen molar-refractivity contribution in [3.05, 3.63) is 57.7 Å². The van der Waals surface area contributed by atoms with Crippen molar-refractivity contribution < 1.29 is 9.32 Å². The minimum atomic E-state index is -0.427. The number of aromatic nitrogens is 3. The molecule has 2 aromatic heterocycles. The molecule has 3 rings (SSSR count). The fourth-order valence-electron chi connectivity index (χ4n) is 2.81. The summed E-state index contributed by atoms with van der Waals surface area (Å²) in [5.74, 6) is 0.457. The quantitative estimate of drug-likeness (QED) is 0.766. The number of nitrogens with zero attached hydrogens (tertiary/aromatic N) is 3. The average Bonchev–Trinajstić information content (AvgIpc) is 3.00. The van der Waals surface area contributed by atoms with E-state index in [1.54, 1.807) is 13.8 Å². The molecular weight excluding hydrogens is 320 g/mol. The van der Waals surface area contributed by atoms with E-state index < -0.39 is 5.56 Å². The van der Waals surface area contributed by atoms with Crippen LogP contribution in [0, 0.1) is 13.8 Å². The van der Waals surface area contributed by atoms with Crippen molar-refractivity contribution >= 4 is 16.8 Å². The van der Waals surface area contributed by atoms with Gasteiger partial charge >= 0.3 is 0 Å². The van der Waals surface area contributed by atoms with Crippen LogP contribution in [0.4, 0.5) is 0 Å². The summed E-state index contributed by atoms with van der Waals surface area (Å²) >= 11 is 0. The third-order valence-electron chi connectivity index (χ3n) is 4.20. The Balaban J connectivity index is 1.70. The van der Waals surface area contributed by atoms with E-state index in [4.69, 9.17) is 4.52 Å². The van der Waals surface area contributed by atoms with Gasteiger partial charge in [-0.3, -0.25) is 9.59 Å². The minimum Gasteiger partial charge on any atom is -0.360 e. The normalized spacial score (nSPS) is 12.3. The van der Waals surface area contributed by atoms with Crippen molar-refractivity contribution in [2.45, 2.75) is 33.2 Å². The molecule has 0 aliphatic carbocycles. The summed E-state index contributed by atoms with van der Waals surface area (Å²) in [4.78, 5) is 24.6. The zero-order valence-electron chi connectivity index (χ0n) is 14.4. The van der Waals surface area contributed by atoms with Gasteiger partial charge < -0.3 is 9.84 Å². The predicted molar refractivity (Wildman–Crippen MR) is 93.4 cm³/mol. The van der Waals surface area contributed by atoms with Crippen LogP contribution in [0.15, 0.2) is 39.6 Å². The number of benzene rings is 1. The van der Waals surface area contributed by atoms with Crippen molar-refractivity contribution in [3.8, 4) is 0 Å². The maximum atomic E-state index is 12.4. The Bertz CT molecular complexity index is 960. The minimum absolute atomic E-state index is 0.150. The molecule has 1 aromatic carbocycles. The van der Waals surface area contributed by atoms with E-state index in [0.717, 1.165) is 10.2 Å². The highest BCUT2D eigenvalue weighted by molar-refractivity contribution is 5.82. The van der Waals surface area contributed by atoms with Gasteiger partial charge in [0.2, 0.25) is 5.91 Å². The summed E-state index contributed by atoms with van der Waals surface area (Å²) in [5.41, 5.74) is 1.53. The molecule has 25 heavy (non-hydrogen) atoms. The standard InChI is InChI=1S/C18H20N4O3/c1-11(14-7-5-4-6-8-14)9-19-15(23)10-22-18(24)17-16(12(2)20-22)13(3)25-21-17/h4-8,11H,9-10H2,1-3H3,(H,19,23). The molecule has 0 spiro atoms. The number of nitrogens with one attached hydrogen (secondary N) is 1. The van der Waals surface area contributed by atoms with Crippen molar-refractivity contribution in [2.24, 2.45) is 0 Å². The summed E-state index contributed by atoms with van der Waals surface area (Å²) in [6.45, 7) is 5.86. The lowest BCUT2D eigenvalue weighted by molar-refractivity contribution is -0.121. The van der Waals surface area contributed by atoms with Crippen molar-refractivity contribution in [1.82, 2.24) is 20.3 Å². The first-order valence-electron chi connectivity index (χ1n) is 8.12. The second-order valence-corrected chi connectivity index (χ2v) is 6.13. The van der Waals surface area contributed by atoms with Crippen LogP contribution in [0.2, 0.25) is 0 Å². The van der Waals surface area contributed by atoms with Crippen LogP contribution in [-0.4, -0.2) is 27.4 Å². The maximum Gasteiger partial charge on any atom is 0.297 e. The lowest BCUT2D eigenvalue weighted by Crippen LogP contribution is -2.35. The van der Waals surface area contributed by atoms with Gasteiger partial charge in [-0.05, 0) is 25.3 Å². The van der Waals surface area contributed by atoms with Crippen LogP contribution < -0.4 is 10.9 Å². The molecule has 2 heterocycles. The Hall–Kier alpha value is -2.96. The third-order valence-corrected chi connectivity index (χ3v) is 4.20. The lowest BCUT2D eigenvalue weighted by atomic mass is 10.0. The topological polar surface area (TPSA) is 90.0 Å². The van der Waals surface area contributed by atoms with Crippen LogP contribution in [0.1, 0.15) is 29.9 Å². The van der Waals surface area contributed by atoms with E-state index in [2.05, 4.69) is 15.6 Å². The first-order chi connectivity index (χ1) is 12.0. The second-order valence-electron chi connectivity index (χ2n) is 6.13. The number of aryl methyl sites for hydroxylation is 2. The molecule has 130 valence electrons. The zero-order chi connectivity index (χ0) is 18.0. The molecule has 1 N–H and O–H groups in total. The monoisotopic (exact) mass is 340 g/mol. The average molecular weight is 340 g/mol. The largest absolute Gasteiger partial charge is 0.360 e. The van der Waals surface area contributed by atoms with Crippen LogP contribution in [-0.2, 0) is 11.3 Å². The summed E-state index contributed by atoms with van der Waals surface area (Å²) in [7, 11) is 0. The lowest BCUT2D eigenvalue weighted by Gasteiger charge is -2.13. The first-order valence-corrected chi connectivity index (χ1v) is 8.12. The smallest absolute Gasteiger partial charge is 0.297 e. The number of amides is 1. The maximum absolute atomic E-state index is 12.4. The van der Waals surface area contributed by atoms with E-state index in [1.807, 2.05) is 37.3 Å². The molecule has 1 amide bonds. The molecule has 0 aliphatic rings.